The van der Waals surface area contributed by atoms with E-state index in [0.717, 1.165) is 24.4 Å². The molecule has 22 heavy (non-hydrogen) atoms. The Morgan fingerprint density at radius 2 is 2.32 bits per heavy atom. The zero-order valence-corrected chi connectivity index (χ0v) is 13.8. The smallest absolute Gasteiger partial charge is 0.115 e. The first-order chi connectivity index (χ1) is 10.5. The summed E-state index contributed by atoms with van der Waals surface area (Å²) in [7, 11) is 2.05. The second-order valence-electron chi connectivity index (χ2n) is 5.41. The lowest BCUT2D eigenvalue weighted by Crippen LogP contribution is -2.38. The third kappa shape index (κ3) is 7.20. The molecular formula is C18H27N3O. The third-order valence-corrected chi connectivity index (χ3v) is 3.16. The molecule has 4 heteroatoms. The molecule has 0 aliphatic rings. The van der Waals surface area contributed by atoms with E-state index in [-0.39, 0.29) is 6.04 Å². The van der Waals surface area contributed by atoms with Crippen molar-refractivity contribution in [2.45, 2.75) is 26.4 Å². The van der Waals surface area contributed by atoms with E-state index >= 15 is 0 Å². The molecule has 0 aromatic carbocycles. The van der Waals surface area contributed by atoms with Crippen molar-refractivity contribution in [2.75, 3.05) is 20.2 Å². The summed E-state index contributed by atoms with van der Waals surface area (Å²) < 4.78 is 5.75. The number of rotatable bonds is 9. The van der Waals surface area contributed by atoms with Gasteiger partial charge in [-0.05, 0) is 50.3 Å². The number of ether oxygens (including phenoxy) is 1. The molecule has 1 rings (SSSR count). The quantitative estimate of drug-likeness (QED) is 0.563. The van der Waals surface area contributed by atoms with Gasteiger partial charge in [0, 0.05) is 25.5 Å². The van der Waals surface area contributed by atoms with E-state index in [0.29, 0.717) is 6.61 Å². The molecule has 0 saturated heterocycles. The number of nitrogens with zero attached hydrogens (tertiary/aromatic N) is 2. The highest BCUT2D eigenvalue weighted by atomic mass is 16.5. The van der Waals surface area contributed by atoms with Crippen molar-refractivity contribution in [3.63, 3.8) is 0 Å². The molecule has 0 aliphatic heterocycles. The molecule has 0 spiro atoms. The summed E-state index contributed by atoms with van der Waals surface area (Å²) in [5, 5.41) is 0. The summed E-state index contributed by atoms with van der Waals surface area (Å²) in [5.41, 5.74) is 8.39. The lowest BCUT2D eigenvalue weighted by molar-refractivity contribution is 0.178. The van der Waals surface area contributed by atoms with Crippen LogP contribution in [0.15, 0.2) is 60.7 Å². The number of aromatic nitrogens is 1. The van der Waals surface area contributed by atoms with Crippen LogP contribution in [0.3, 0.4) is 0 Å². The fourth-order valence-electron chi connectivity index (χ4n) is 2.02. The predicted molar refractivity (Wildman–Crippen MR) is 92.2 cm³/mol. The van der Waals surface area contributed by atoms with Gasteiger partial charge in [-0.3, -0.25) is 4.98 Å². The van der Waals surface area contributed by atoms with E-state index in [1.165, 1.54) is 5.56 Å². The van der Waals surface area contributed by atoms with Crippen LogP contribution in [-0.4, -0.2) is 36.1 Å². The van der Waals surface area contributed by atoms with Gasteiger partial charge in [-0.1, -0.05) is 18.7 Å². The molecule has 0 saturated carbocycles. The first-order valence-electron chi connectivity index (χ1n) is 7.48. The molecule has 120 valence electrons. The second-order valence-corrected chi connectivity index (χ2v) is 5.41. The van der Waals surface area contributed by atoms with Crippen molar-refractivity contribution in [1.29, 1.82) is 0 Å². The standard InChI is InChI=1S/C18H27N3O/c1-5-15(3)10-18(6-2)22-14-17(19)13-21(4)12-16-8-7-9-20-11-16/h5-11,17H,1,12-14,19H2,2-4H3/b15-10-,18-6+. The van der Waals surface area contributed by atoms with Gasteiger partial charge >= 0.3 is 0 Å². The molecule has 1 unspecified atom stereocenters. The van der Waals surface area contributed by atoms with Crippen molar-refractivity contribution in [3.05, 3.63) is 66.2 Å². The van der Waals surface area contributed by atoms with Crippen LogP contribution in [0.25, 0.3) is 0 Å². The van der Waals surface area contributed by atoms with Crippen molar-refractivity contribution < 1.29 is 4.74 Å². The maximum Gasteiger partial charge on any atom is 0.115 e. The Hall–Kier alpha value is -1.91. The van der Waals surface area contributed by atoms with Gasteiger partial charge in [0.05, 0.1) is 6.04 Å². The highest BCUT2D eigenvalue weighted by Gasteiger charge is 2.08. The van der Waals surface area contributed by atoms with Gasteiger partial charge in [0.25, 0.3) is 0 Å². The zero-order valence-electron chi connectivity index (χ0n) is 13.8. The summed E-state index contributed by atoms with van der Waals surface area (Å²) in [6, 6.07) is 3.96. The van der Waals surface area contributed by atoms with Crippen LogP contribution in [0.5, 0.6) is 0 Å². The first-order valence-corrected chi connectivity index (χ1v) is 7.48. The molecule has 0 radical (unpaired) electrons. The van der Waals surface area contributed by atoms with Gasteiger partial charge in [0.1, 0.15) is 12.4 Å². The number of pyridine rings is 1. The van der Waals surface area contributed by atoms with E-state index in [9.17, 15) is 0 Å². The molecule has 1 aromatic heterocycles. The molecule has 0 amide bonds. The van der Waals surface area contributed by atoms with Crippen LogP contribution in [0, 0.1) is 0 Å². The number of nitrogens with two attached hydrogens (primary N) is 1. The first kappa shape index (κ1) is 18.1. The van der Waals surface area contributed by atoms with Crippen molar-refractivity contribution in [1.82, 2.24) is 9.88 Å². The highest BCUT2D eigenvalue weighted by molar-refractivity contribution is 5.23. The summed E-state index contributed by atoms with van der Waals surface area (Å²) in [5.74, 6) is 0.822. The lowest BCUT2D eigenvalue weighted by Gasteiger charge is -2.21. The zero-order chi connectivity index (χ0) is 16.4. The van der Waals surface area contributed by atoms with E-state index < -0.39 is 0 Å². The Morgan fingerprint density at radius 1 is 1.55 bits per heavy atom. The summed E-state index contributed by atoms with van der Waals surface area (Å²) >= 11 is 0. The van der Waals surface area contributed by atoms with Gasteiger partial charge in [-0.25, -0.2) is 0 Å². The Labute approximate surface area is 134 Å². The van der Waals surface area contributed by atoms with E-state index in [1.807, 2.05) is 45.3 Å². The van der Waals surface area contributed by atoms with Crippen LogP contribution >= 0.6 is 0 Å². The molecule has 2 N–H and O–H groups in total. The maximum atomic E-state index is 6.14. The fraction of sp³-hybridized carbons (Fsp3) is 0.389. The Balaban J connectivity index is 2.39. The molecule has 4 nitrogen and oxygen atoms in total. The molecule has 0 aliphatic carbocycles. The monoisotopic (exact) mass is 301 g/mol. The fourth-order valence-corrected chi connectivity index (χ4v) is 2.02. The maximum absolute atomic E-state index is 6.14. The minimum absolute atomic E-state index is 0.0472. The van der Waals surface area contributed by atoms with Crippen LogP contribution in [-0.2, 0) is 11.3 Å². The topological polar surface area (TPSA) is 51.4 Å². The van der Waals surface area contributed by atoms with Crippen LogP contribution in [0.2, 0.25) is 0 Å². The third-order valence-electron chi connectivity index (χ3n) is 3.16. The molecular weight excluding hydrogens is 274 g/mol. The summed E-state index contributed by atoms with van der Waals surface area (Å²) in [6.07, 6.45) is 9.34. The van der Waals surface area contributed by atoms with Crippen LogP contribution in [0.1, 0.15) is 19.4 Å². The van der Waals surface area contributed by atoms with Crippen molar-refractivity contribution >= 4 is 0 Å². The van der Waals surface area contributed by atoms with Gasteiger partial charge in [0.2, 0.25) is 0 Å². The molecule has 1 heterocycles. The van der Waals surface area contributed by atoms with Gasteiger partial charge < -0.3 is 15.4 Å². The number of hydrogen-bond acceptors (Lipinski definition) is 4. The average Bonchev–Trinajstić information content (AvgIpc) is 2.51. The summed E-state index contributed by atoms with van der Waals surface area (Å²) in [4.78, 5) is 6.29. The van der Waals surface area contributed by atoms with Gasteiger partial charge in [-0.2, -0.15) is 0 Å². The van der Waals surface area contributed by atoms with Crippen LogP contribution in [0.4, 0.5) is 0 Å². The normalized spacial score (nSPS) is 14.0. The van der Waals surface area contributed by atoms with Crippen molar-refractivity contribution in [2.24, 2.45) is 5.73 Å². The number of allylic oxidation sites excluding steroid dienone is 4. The molecule has 1 aromatic rings. The molecule has 0 bridgehead atoms. The summed E-state index contributed by atoms with van der Waals surface area (Å²) in [6.45, 7) is 9.74. The molecule has 1 atom stereocenters. The Bertz CT molecular complexity index is 508. The van der Waals surface area contributed by atoms with Crippen molar-refractivity contribution in [3.8, 4) is 0 Å². The van der Waals surface area contributed by atoms with Gasteiger partial charge in [0.15, 0.2) is 0 Å². The minimum atomic E-state index is -0.0472. The van der Waals surface area contributed by atoms with Gasteiger partial charge in [-0.15, -0.1) is 0 Å². The Kier molecular flexibility index (Phi) is 8.18. The predicted octanol–water partition coefficient (Wildman–Crippen LogP) is 2.89. The average molecular weight is 301 g/mol. The number of likely N-dealkylation sites (N-methyl/N-ethyl adjacent to an activating group) is 1. The highest BCUT2D eigenvalue weighted by Crippen LogP contribution is 2.06. The van der Waals surface area contributed by atoms with Crippen LogP contribution < -0.4 is 5.73 Å². The Morgan fingerprint density at radius 3 is 2.91 bits per heavy atom. The van der Waals surface area contributed by atoms with E-state index in [2.05, 4.69) is 22.5 Å². The SMILES string of the molecule is C=C/C(C)=C\C(=C/C)OCC(N)CN(C)Cc1cccnc1. The lowest BCUT2D eigenvalue weighted by atomic mass is 10.2. The molecule has 0 fully saturated rings. The second kappa shape index (κ2) is 9.92. The minimum Gasteiger partial charge on any atom is -0.492 e. The van der Waals surface area contributed by atoms with E-state index in [4.69, 9.17) is 10.5 Å². The number of hydrogen-bond donors (Lipinski definition) is 1. The largest absolute Gasteiger partial charge is 0.492 e. The van der Waals surface area contributed by atoms with E-state index in [1.54, 1.807) is 12.3 Å².